The lowest BCUT2D eigenvalue weighted by Gasteiger charge is -2.40. The van der Waals surface area contributed by atoms with Crippen molar-refractivity contribution < 1.29 is 24.8 Å². The second kappa shape index (κ2) is 5.63. The Morgan fingerprint density at radius 1 is 0.941 bits per heavy atom. The van der Waals surface area contributed by atoms with Crippen LogP contribution < -0.4 is 0 Å². The Morgan fingerprint density at radius 3 is 2.24 bits per heavy atom. The maximum absolute atomic E-state index is 9.80. The van der Waals surface area contributed by atoms with E-state index in [1.54, 1.807) is 6.92 Å². The molecule has 17 heavy (non-hydrogen) atoms. The maximum Gasteiger partial charge on any atom is 0.186 e. The van der Waals surface area contributed by atoms with Gasteiger partial charge < -0.3 is 24.8 Å². The lowest BCUT2D eigenvalue weighted by atomic mass is 9.97. The van der Waals surface area contributed by atoms with E-state index in [-0.39, 0.29) is 6.10 Å². The monoisotopic (exact) mass is 246 g/mol. The summed E-state index contributed by atoms with van der Waals surface area (Å²) in [7, 11) is 0. The Balaban J connectivity index is 1.90. The highest BCUT2D eigenvalue weighted by atomic mass is 16.7. The molecule has 1 heterocycles. The highest BCUT2D eigenvalue weighted by Gasteiger charge is 2.43. The fourth-order valence-corrected chi connectivity index (χ4v) is 2.52. The van der Waals surface area contributed by atoms with Gasteiger partial charge in [-0.25, -0.2) is 0 Å². The molecule has 2 fully saturated rings. The van der Waals surface area contributed by atoms with E-state index in [0.29, 0.717) is 0 Å². The smallest absolute Gasteiger partial charge is 0.186 e. The van der Waals surface area contributed by atoms with Crippen molar-refractivity contribution in [2.75, 3.05) is 0 Å². The molecule has 0 aromatic heterocycles. The summed E-state index contributed by atoms with van der Waals surface area (Å²) in [4.78, 5) is 0. The van der Waals surface area contributed by atoms with Gasteiger partial charge >= 0.3 is 0 Å². The van der Waals surface area contributed by atoms with E-state index < -0.39 is 30.7 Å². The van der Waals surface area contributed by atoms with Crippen LogP contribution in [0.5, 0.6) is 0 Å². The quantitative estimate of drug-likeness (QED) is 0.647. The molecule has 2 aliphatic rings. The Kier molecular flexibility index (Phi) is 4.38. The van der Waals surface area contributed by atoms with Crippen molar-refractivity contribution in [2.24, 2.45) is 0 Å². The standard InChI is InChI=1S/C12H22O5/c1-7-9(13)10(14)11(15)12(16-7)17-8-5-3-2-4-6-8/h7-15H,2-6H2,1H3/t7-,9+,10+,11-,12-/m0/s1. The summed E-state index contributed by atoms with van der Waals surface area (Å²) in [5.74, 6) is 0. The van der Waals surface area contributed by atoms with Gasteiger partial charge in [-0.1, -0.05) is 19.3 Å². The van der Waals surface area contributed by atoms with E-state index in [9.17, 15) is 15.3 Å². The molecular formula is C12H22O5. The molecule has 0 aromatic rings. The summed E-state index contributed by atoms with van der Waals surface area (Å²) < 4.78 is 11.1. The predicted molar refractivity (Wildman–Crippen MR) is 60.3 cm³/mol. The fraction of sp³-hybridized carbons (Fsp3) is 1.00. The number of aliphatic hydroxyl groups excluding tert-OH is 3. The second-order valence-electron chi connectivity index (χ2n) is 5.08. The zero-order valence-electron chi connectivity index (χ0n) is 10.2. The third kappa shape index (κ3) is 2.98. The van der Waals surface area contributed by atoms with E-state index in [1.165, 1.54) is 6.42 Å². The molecule has 1 saturated carbocycles. The summed E-state index contributed by atoms with van der Waals surface area (Å²) in [6.07, 6.45) is 0.742. The molecule has 100 valence electrons. The average molecular weight is 246 g/mol. The molecule has 0 radical (unpaired) electrons. The summed E-state index contributed by atoms with van der Waals surface area (Å²) in [5.41, 5.74) is 0. The number of rotatable bonds is 2. The first-order valence-electron chi connectivity index (χ1n) is 6.44. The van der Waals surface area contributed by atoms with Crippen LogP contribution in [0.3, 0.4) is 0 Å². The van der Waals surface area contributed by atoms with Crippen molar-refractivity contribution in [1.29, 1.82) is 0 Å². The van der Waals surface area contributed by atoms with Crippen molar-refractivity contribution in [3.05, 3.63) is 0 Å². The normalized spacial score (nSPS) is 44.8. The summed E-state index contributed by atoms with van der Waals surface area (Å²) in [6, 6.07) is 0. The van der Waals surface area contributed by atoms with Crippen molar-refractivity contribution >= 4 is 0 Å². The van der Waals surface area contributed by atoms with Crippen molar-refractivity contribution in [1.82, 2.24) is 0 Å². The summed E-state index contributed by atoms with van der Waals surface area (Å²) >= 11 is 0. The van der Waals surface area contributed by atoms with Gasteiger partial charge in [0, 0.05) is 0 Å². The molecule has 0 amide bonds. The van der Waals surface area contributed by atoms with Gasteiger partial charge in [0.1, 0.15) is 18.3 Å². The molecule has 5 nitrogen and oxygen atoms in total. The minimum Gasteiger partial charge on any atom is -0.388 e. The molecule has 0 aromatic carbocycles. The molecule has 3 N–H and O–H groups in total. The zero-order chi connectivity index (χ0) is 12.4. The van der Waals surface area contributed by atoms with Gasteiger partial charge in [0.25, 0.3) is 0 Å². The number of ether oxygens (including phenoxy) is 2. The van der Waals surface area contributed by atoms with Gasteiger partial charge in [-0.05, 0) is 19.8 Å². The Morgan fingerprint density at radius 2 is 1.59 bits per heavy atom. The molecule has 1 saturated heterocycles. The van der Waals surface area contributed by atoms with Crippen LogP contribution in [0.4, 0.5) is 0 Å². The molecule has 1 aliphatic heterocycles. The van der Waals surface area contributed by atoms with Gasteiger partial charge in [0.15, 0.2) is 6.29 Å². The van der Waals surface area contributed by atoms with Crippen LogP contribution in [0.15, 0.2) is 0 Å². The first-order chi connectivity index (χ1) is 8.09. The molecule has 0 spiro atoms. The first-order valence-corrected chi connectivity index (χ1v) is 6.44. The van der Waals surface area contributed by atoms with Crippen LogP contribution in [0, 0.1) is 0 Å². The van der Waals surface area contributed by atoms with E-state index in [4.69, 9.17) is 9.47 Å². The van der Waals surface area contributed by atoms with E-state index in [2.05, 4.69) is 0 Å². The Bertz CT molecular complexity index is 241. The summed E-state index contributed by atoms with van der Waals surface area (Å²) in [5, 5.41) is 29.0. The molecule has 0 unspecified atom stereocenters. The lowest BCUT2D eigenvalue weighted by Crippen LogP contribution is -2.58. The molecule has 0 bridgehead atoms. The number of hydrogen-bond acceptors (Lipinski definition) is 5. The number of aliphatic hydroxyl groups is 3. The molecule has 2 rings (SSSR count). The van der Waals surface area contributed by atoms with Crippen molar-refractivity contribution in [3.63, 3.8) is 0 Å². The van der Waals surface area contributed by atoms with E-state index in [0.717, 1.165) is 25.7 Å². The SMILES string of the molecule is C[C@@H]1O[C@@H](OC2CCCCC2)[C@@H](O)[C@H](O)[C@@H]1O. The third-order valence-corrected chi connectivity index (χ3v) is 3.69. The lowest BCUT2D eigenvalue weighted by molar-refractivity contribution is -0.305. The van der Waals surface area contributed by atoms with Gasteiger partial charge in [-0.15, -0.1) is 0 Å². The van der Waals surface area contributed by atoms with Crippen molar-refractivity contribution in [2.45, 2.75) is 75.8 Å². The minimum absolute atomic E-state index is 0.0954. The Hall–Kier alpha value is -0.200. The molecule has 5 atom stereocenters. The van der Waals surface area contributed by atoms with Gasteiger partial charge in [-0.3, -0.25) is 0 Å². The van der Waals surface area contributed by atoms with Gasteiger partial charge in [-0.2, -0.15) is 0 Å². The van der Waals surface area contributed by atoms with Crippen LogP contribution in [0.1, 0.15) is 39.0 Å². The zero-order valence-corrected chi connectivity index (χ0v) is 10.2. The van der Waals surface area contributed by atoms with Crippen LogP contribution in [-0.4, -0.2) is 52.1 Å². The highest BCUT2D eigenvalue weighted by Crippen LogP contribution is 2.27. The van der Waals surface area contributed by atoms with Crippen LogP contribution in [-0.2, 0) is 9.47 Å². The average Bonchev–Trinajstić information content (AvgIpc) is 2.35. The number of hydrogen-bond donors (Lipinski definition) is 3. The van der Waals surface area contributed by atoms with E-state index in [1.807, 2.05) is 0 Å². The van der Waals surface area contributed by atoms with Crippen LogP contribution in [0.25, 0.3) is 0 Å². The minimum atomic E-state index is -1.20. The Labute approximate surface area is 101 Å². The van der Waals surface area contributed by atoms with Crippen molar-refractivity contribution in [3.8, 4) is 0 Å². The third-order valence-electron chi connectivity index (χ3n) is 3.69. The highest BCUT2D eigenvalue weighted by molar-refractivity contribution is 4.87. The first kappa shape index (κ1) is 13.2. The second-order valence-corrected chi connectivity index (χ2v) is 5.08. The predicted octanol–water partition coefficient (Wildman–Crippen LogP) is 0.163. The largest absolute Gasteiger partial charge is 0.388 e. The maximum atomic E-state index is 9.80. The summed E-state index contributed by atoms with van der Waals surface area (Å²) in [6.45, 7) is 1.66. The fourth-order valence-electron chi connectivity index (χ4n) is 2.52. The molecular weight excluding hydrogens is 224 g/mol. The van der Waals surface area contributed by atoms with Gasteiger partial charge in [0.05, 0.1) is 12.2 Å². The van der Waals surface area contributed by atoms with Crippen LogP contribution in [0.2, 0.25) is 0 Å². The van der Waals surface area contributed by atoms with E-state index >= 15 is 0 Å². The topological polar surface area (TPSA) is 79.2 Å². The molecule has 5 heteroatoms. The van der Waals surface area contributed by atoms with Crippen LogP contribution >= 0.6 is 0 Å². The van der Waals surface area contributed by atoms with Gasteiger partial charge in [0.2, 0.25) is 0 Å². The molecule has 1 aliphatic carbocycles.